The number of aromatic nitrogens is 5. The maximum Gasteiger partial charge on any atom is 0.278 e. The van der Waals surface area contributed by atoms with Gasteiger partial charge in [0.25, 0.3) is 5.56 Å². The molecule has 38 heavy (non-hydrogen) atoms. The Morgan fingerprint density at radius 3 is 2.82 bits per heavy atom. The van der Waals surface area contributed by atoms with Gasteiger partial charge in [0.05, 0.1) is 31.1 Å². The SMILES string of the molecule is C=CCn1c(=O)c2cnc(Nc3ccc4c(c3)N3CCN(C)CC3CN4C)nc2n1-c1cccc(OC)n1. The number of likely N-dealkylation sites (N-methyl/N-ethyl adjacent to an activating group) is 2. The van der Waals surface area contributed by atoms with Crippen LogP contribution in [0.2, 0.25) is 0 Å². The number of rotatable bonds is 6. The number of ether oxygens (including phenoxy) is 1. The molecule has 1 atom stereocenters. The van der Waals surface area contributed by atoms with E-state index in [-0.39, 0.29) is 5.56 Å². The fourth-order valence-corrected chi connectivity index (χ4v) is 5.43. The number of piperazine rings is 1. The molecule has 0 aliphatic carbocycles. The number of hydrogen-bond donors (Lipinski definition) is 1. The third-order valence-electron chi connectivity index (χ3n) is 7.24. The molecule has 0 radical (unpaired) electrons. The summed E-state index contributed by atoms with van der Waals surface area (Å²) in [7, 11) is 5.89. The summed E-state index contributed by atoms with van der Waals surface area (Å²) in [6.45, 7) is 8.17. The minimum atomic E-state index is -0.214. The zero-order valence-corrected chi connectivity index (χ0v) is 21.8. The first-order chi connectivity index (χ1) is 18.5. The molecule has 2 aliphatic heterocycles. The van der Waals surface area contributed by atoms with E-state index in [1.807, 2.05) is 18.2 Å². The van der Waals surface area contributed by atoms with E-state index < -0.39 is 0 Å². The second-order valence-corrected chi connectivity index (χ2v) is 9.78. The quantitative estimate of drug-likeness (QED) is 0.390. The van der Waals surface area contributed by atoms with Gasteiger partial charge in [-0.05, 0) is 31.3 Å². The summed E-state index contributed by atoms with van der Waals surface area (Å²) in [5.74, 6) is 1.35. The topological polar surface area (TPSA) is 96.6 Å². The van der Waals surface area contributed by atoms with Crippen molar-refractivity contribution in [2.24, 2.45) is 0 Å². The van der Waals surface area contributed by atoms with Crippen molar-refractivity contribution in [3.8, 4) is 11.7 Å². The first-order valence-corrected chi connectivity index (χ1v) is 12.6. The van der Waals surface area contributed by atoms with E-state index in [1.165, 1.54) is 11.4 Å². The van der Waals surface area contributed by atoms with Crippen LogP contribution in [0.15, 0.2) is 60.0 Å². The standard InChI is InChI=1S/C27H31N9O2/c1-5-11-35-26(37)20-15-28-27(31-25(20)36(35)23-7-6-8-24(30-23)38-4)29-18-9-10-21-22(14-18)34-13-12-32(2)16-19(34)17-33(21)3/h5-10,14-15,19H,1,11-13,16-17H2,2-4H3,(H,28,29,31). The monoisotopic (exact) mass is 513 g/mol. The summed E-state index contributed by atoms with van der Waals surface area (Å²) in [6, 6.07) is 12.2. The number of pyridine rings is 1. The first kappa shape index (κ1) is 24.0. The van der Waals surface area contributed by atoms with Gasteiger partial charge < -0.3 is 24.8 Å². The second kappa shape index (κ2) is 9.49. The predicted molar refractivity (Wildman–Crippen MR) is 149 cm³/mol. The van der Waals surface area contributed by atoms with Gasteiger partial charge in [-0.25, -0.2) is 14.3 Å². The molecule has 1 fully saturated rings. The Morgan fingerprint density at radius 1 is 1.13 bits per heavy atom. The normalized spacial score (nSPS) is 17.3. The Hall–Kier alpha value is -4.38. The molecule has 11 heteroatoms. The van der Waals surface area contributed by atoms with Crippen LogP contribution in [-0.2, 0) is 6.54 Å². The molecule has 2 aliphatic rings. The molecular weight excluding hydrogens is 482 g/mol. The van der Waals surface area contributed by atoms with Gasteiger partial charge in [-0.1, -0.05) is 12.1 Å². The lowest BCUT2D eigenvalue weighted by Crippen LogP contribution is -2.58. The van der Waals surface area contributed by atoms with E-state index in [4.69, 9.17) is 9.72 Å². The van der Waals surface area contributed by atoms with Gasteiger partial charge in [-0.15, -0.1) is 6.58 Å². The van der Waals surface area contributed by atoms with Gasteiger partial charge in [0, 0.05) is 51.2 Å². The molecule has 1 aromatic carbocycles. The van der Waals surface area contributed by atoms with Crippen molar-refractivity contribution in [2.75, 3.05) is 62.5 Å². The molecule has 0 amide bonds. The Morgan fingerprint density at radius 2 is 2.00 bits per heavy atom. The fourth-order valence-electron chi connectivity index (χ4n) is 5.43. The van der Waals surface area contributed by atoms with Crippen LogP contribution in [0.25, 0.3) is 16.9 Å². The van der Waals surface area contributed by atoms with Crippen molar-refractivity contribution in [3.63, 3.8) is 0 Å². The van der Waals surface area contributed by atoms with Crippen LogP contribution in [0, 0.1) is 0 Å². The third kappa shape index (κ3) is 4.04. The van der Waals surface area contributed by atoms with Gasteiger partial charge in [0.1, 0.15) is 5.39 Å². The molecule has 5 heterocycles. The zero-order chi connectivity index (χ0) is 26.4. The zero-order valence-electron chi connectivity index (χ0n) is 21.8. The van der Waals surface area contributed by atoms with Crippen molar-refractivity contribution in [2.45, 2.75) is 12.6 Å². The summed E-state index contributed by atoms with van der Waals surface area (Å²) in [4.78, 5) is 34.2. The number of benzene rings is 1. The summed E-state index contributed by atoms with van der Waals surface area (Å²) in [5, 5.41) is 3.76. The molecule has 0 spiro atoms. The molecule has 4 aromatic rings. The van der Waals surface area contributed by atoms with Gasteiger partial charge >= 0.3 is 0 Å². The number of allylic oxidation sites excluding steroid dienone is 1. The Kier molecular flexibility index (Phi) is 5.99. The van der Waals surface area contributed by atoms with E-state index in [0.717, 1.165) is 31.9 Å². The number of anilines is 4. The molecule has 1 N–H and O–H groups in total. The van der Waals surface area contributed by atoms with Gasteiger partial charge in [-0.2, -0.15) is 9.97 Å². The van der Waals surface area contributed by atoms with Crippen LogP contribution in [0.1, 0.15) is 0 Å². The Labute approximate surface area is 220 Å². The maximum absolute atomic E-state index is 13.2. The fraction of sp³-hybridized carbons (Fsp3) is 0.333. The largest absolute Gasteiger partial charge is 0.481 e. The smallest absolute Gasteiger partial charge is 0.278 e. The molecular formula is C27H31N9O2. The van der Waals surface area contributed by atoms with Crippen molar-refractivity contribution < 1.29 is 4.74 Å². The lowest BCUT2D eigenvalue weighted by molar-refractivity contribution is 0.265. The van der Waals surface area contributed by atoms with Crippen LogP contribution in [-0.4, -0.2) is 82.6 Å². The number of fused-ring (bicyclic) bond motifs is 4. The van der Waals surface area contributed by atoms with Crippen molar-refractivity contribution >= 4 is 34.0 Å². The molecule has 0 saturated carbocycles. The Balaban J connectivity index is 1.40. The Bertz CT molecular complexity index is 1580. The van der Waals surface area contributed by atoms with E-state index >= 15 is 0 Å². The lowest BCUT2D eigenvalue weighted by Gasteiger charge is -2.48. The van der Waals surface area contributed by atoms with E-state index in [0.29, 0.717) is 41.3 Å². The molecule has 0 bridgehead atoms. The molecule has 11 nitrogen and oxygen atoms in total. The number of hydrogen-bond acceptors (Lipinski definition) is 9. The highest BCUT2D eigenvalue weighted by atomic mass is 16.5. The van der Waals surface area contributed by atoms with Gasteiger partial charge in [0.2, 0.25) is 11.8 Å². The average molecular weight is 514 g/mol. The first-order valence-electron chi connectivity index (χ1n) is 12.6. The summed E-state index contributed by atoms with van der Waals surface area (Å²) < 4.78 is 8.53. The minimum Gasteiger partial charge on any atom is -0.481 e. The van der Waals surface area contributed by atoms with E-state index in [1.54, 1.807) is 34.8 Å². The van der Waals surface area contributed by atoms with Crippen LogP contribution < -0.4 is 25.4 Å². The van der Waals surface area contributed by atoms with Gasteiger partial charge in [0.15, 0.2) is 11.5 Å². The van der Waals surface area contributed by atoms with Gasteiger partial charge in [-0.3, -0.25) is 4.79 Å². The summed E-state index contributed by atoms with van der Waals surface area (Å²) in [5.41, 5.74) is 3.54. The highest BCUT2D eigenvalue weighted by Gasteiger charge is 2.33. The molecule has 1 saturated heterocycles. The molecule has 196 valence electrons. The maximum atomic E-state index is 13.2. The van der Waals surface area contributed by atoms with Crippen LogP contribution in [0.3, 0.4) is 0 Å². The van der Waals surface area contributed by atoms with E-state index in [2.05, 4.69) is 62.8 Å². The van der Waals surface area contributed by atoms with Crippen LogP contribution in [0.5, 0.6) is 5.88 Å². The van der Waals surface area contributed by atoms with Crippen molar-refractivity contribution in [1.29, 1.82) is 0 Å². The lowest BCUT2D eigenvalue weighted by atomic mass is 10.0. The van der Waals surface area contributed by atoms with Crippen LogP contribution >= 0.6 is 0 Å². The predicted octanol–water partition coefficient (Wildman–Crippen LogP) is 2.49. The molecule has 1 unspecified atom stereocenters. The van der Waals surface area contributed by atoms with E-state index in [9.17, 15) is 4.79 Å². The highest BCUT2D eigenvalue weighted by Crippen LogP contribution is 2.38. The number of methoxy groups -OCH3 is 1. The molecule has 3 aromatic heterocycles. The van der Waals surface area contributed by atoms with Crippen molar-refractivity contribution in [3.05, 3.63) is 65.6 Å². The summed E-state index contributed by atoms with van der Waals surface area (Å²) >= 11 is 0. The molecule has 6 rings (SSSR count). The van der Waals surface area contributed by atoms with Crippen LogP contribution in [0.4, 0.5) is 23.0 Å². The third-order valence-corrected chi connectivity index (χ3v) is 7.24. The average Bonchev–Trinajstić information content (AvgIpc) is 3.19. The van der Waals surface area contributed by atoms with Crippen molar-refractivity contribution in [1.82, 2.24) is 29.2 Å². The minimum absolute atomic E-state index is 0.214. The highest BCUT2D eigenvalue weighted by molar-refractivity contribution is 5.80. The number of nitrogens with zero attached hydrogens (tertiary/aromatic N) is 8. The summed E-state index contributed by atoms with van der Waals surface area (Å²) in [6.07, 6.45) is 3.23. The number of nitrogens with one attached hydrogen (secondary N) is 1. The second-order valence-electron chi connectivity index (χ2n) is 9.78.